The number of benzene rings is 1. The predicted molar refractivity (Wildman–Crippen MR) is 69.4 cm³/mol. The Balaban J connectivity index is 2.64. The van der Waals surface area contributed by atoms with E-state index in [9.17, 15) is 4.79 Å². The molecule has 0 saturated heterocycles. The van der Waals surface area contributed by atoms with Crippen LogP contribution in [0.4, 0.5) is 0 Å². The molecule has 0 fully saturated rings. The average Bonchev–Trinajstić information content (AvgIpc) is 2.24. The van der Waals surface area contributed by atoms with E-state index in [4.69, 9.17) is 4.74 Å². The lowest BCUT2D eigenvalue weighted by atomic mass is 10.1. The monoisotopic (exact) mass is 235 g/mol. The molecule has 1 N–H and O–H groups in total. The van der Waals surface area contributed by atoms with E-state index in [2.05, 4.69) is 5.32 Å². The SMILES string of the molecule is CCCNC(=O)c1ccc(OC(C)(C)C)cc1. The summed E-state index contributed by atoms with van der Waals surface area (Å²) in [4.78, 5) is 11.6. The number of carbonyl (C=O) groups is 1. The molecule has 0 bridgehead atoms. The number of carbonyl (C=O) groups excluding carboxylic acids is 1. The van der Waals surface area contributed by atoms with Crippen LogP contribution < -0.4 is 10.1 Å². The summed E-state index contributed by atoms with van der Waals surface area (Å²) in [6.07, 6.45) is 0.941. The molecule has 1 aromatic carbocycles. The van der Waals surface area contributed by atoms with Gasteiger partial charge in [0.2, 0.25) is 0 Å². The van der Waals surface area contributed by atoms with Gasteiger partial charge in [0.05, 0.1) is 0 Å². The van der Waals surface area contributed by atoms with Crippen molar-refractivity contribution in [1.82, 2.24) is 5.32 Å². The van der Waals surface area contributed by atoms with Crippen LogP contribution in [0.5, 0.6) is 5.75 Å². The number of amides is 1. The third-order valence-electron chi connectivity index (χ3n) is 2.08. The molecule has 17 heavy (non-hydrogen) atoms. The number of nitrogens with one attached hydrogen (secondary N) is 1. The van der Waals surface area contributed by atoms with Crippen LogP contribution in [0.1, 0.15) is 44.5 Å². The summed E-state index contributed by atoms with van der Waals surface area (Å²) in [5.74, 6) is 0.749. The third-order valence-corrected chi connectivity index (χ3v) is 2.08. The Kier molecular flexibility index (Phi) is 4.55. The van der Waals surface area contributed by atoms with Gasteiger partial charge in [0.1, 0.15) is 11.4 Å². The quantitative estimate of drug-likeness (QED) is 0.871. The average molecular weight is 235 g/mol. The van der Waals surface area contributed by atoms with Gasteiger partial charge in [-0.25, -0.2) is 0 Å². The van der Waals surface area contributed by atoms with Crippen molar-refractivity contribution in [2.45, 2.75) is 39.7 Å². The molecule has 0 atom stereocenters. The van der Waals surface area contributed by atoms with Gasteiger partial charge in [-0.15, -0.1) is 0 Å². The molecule has 0 heterocycles. The molecule has 94 valence electrons. The first kappa shape index (κ1) is 13.6. The van der Waals surface area contributed by atoms with Crippen LogP contribution >= 0.6 is 0 Å². The Bertz CT molecular complexity index is 363. The normalized spacial score (nSPS) is 11.1. The lowest BCUT2D eigenvalue weighted by Gasteiger charge is -2.21. The summed E-state index contributed by atoms with van der Waals surface area (Å²) in [5, 5.41) is 2.84. The van der Waals surface area contributed by atoms with E-state index in [1.807, 2.05) is 39.8 Å². The molecule has 0 saturated carbocycles. The molecule has 1 rings (SSSR count). The summed E-state index contributed by atoms with van der Waals surface area (Å²) in [7, 11) is 0. The minimum atomic E-state index is -0.216. The van der Waals surface area contributed by atoms with Gasteiger partial charge in [0, 0.05) is 12.1 Å². The fraction of sp³-hybridized carbons (Fsp3) is 0.500. The summed E-state index contributed by atoms with van der Waals surface area (Å²) >= 11 is 0. The van der Waals surface area contributed by atoms with E-state index in [-0.39, 0.29) is 11.5 Å². The molecular formula is C14H21NO2. The molecule has 3 nitrogen and oxygen atoms in total. The van der Waals surface area contributed by atoms with Crippen molar-refractivity contribution in [1.29, 1.82) is 0 Å². The summed E-state index contributed by atoms with van der Waals surface area (Å²) in [6.45, 7) is 8.72. The predicted octanol–water partition coefficient (Wildman–Crippen LogP) is 3.00. The Morgan fingerprint density at radius 1 is 1.24 bits per heavy atom. The van der Waals surface area contributed by atoms with Crippen LogP contribution in [0.15, 0.2) is 24.3 Å². The second kappa shape index (κ2) is 5.71. The van der Waals surface area contributed by atoms with E-state index in [0.29, 0.717) is 12.1 Å². The van der Waals surface area contributed by atoms with Gasteiger partial charge >= 0.3 is 0 Å². The van der Waals surface area contributed by atoms with Crippen molar-refractivity contribution in [3.05, 3.63) is 29.8 Å². The largest absolute Gasteiger partial charge is 0.488 e. The summed E-state index contributed by atoms with van der Waals surface area (Å²) < 4.78 is 5.69. The van der Waals surface area contributed by atoms with Gasteiger partial charge in [-0.2, -0.15) is 0 Å². The molecule has 3 heteroatoms. The molecule has 0 aliphatic carbocycles. The lowest BCUT2D eigenvalue weighted by molar-refractivity contribution is 0.0953. The maximum Gasteiger partial charge on any atom is 0.251 e. The zero-order valence-corrected chi connectivity index (χ0v) is 11.0. The molecule has 0 aromatic heterocycles. The maximum absolute atomic E-state index is 11.6. The van der Waals surface area contributed by atoms with Gasteiger partial charge in [0.15, 0.2) is 0 Å². The van der Waals surface area contributed by atoms with Gasteiger partial charge < -0.3 is 10.1 Å². The Labute approximate surface area is 103 Å². The second-order valence-electron chi connectivity index (χ2n) is 4.99. The molecular weight excluding hydrogens is 214 g/mol. The fourth-order valence-electron chi connectivity index (χ4n) is 1.37. The summed E-state index contributed by atoms with van der Waals surface area (Å²) in [5.41, 5.74) is 0.450. The van der Waals surface area contributed by atoms with Crippen molar-refractivity contribution in [3.8, 4) is 5.75 Å². The fourth-order valence-corrected chi connectivity index (χ4v) is 1.37. The molecule has 0 spiro atoms. The van der Waals surface area contributed by atoms with Gasteiger partial charge in [0.25, 0.3) is 5.91 Å². The molecule has 0 radical (unpaired) electrons. The molecule has 0 unspecified atom stereocenters. The summed E-state index contributed by atoms with van der Waals surface area (Å²) in [6, 6.07) is 7.22. The van der Waals surface area contributed by atoms with Crippen molar-refractivity contribution >= 4 is 5.91 Å². The van der Waals surface area contributed by atoms with Crippen molar-refractivity contribution < 1.29 is 9.53 Å². The molecule has 0 aliphatic heterocycles. The zero-order chi connectivity index (χ0) is 12.9. The van der Waals surface area contributed by atoms with Crippen LogP contribution in [0.25, 0.3) is 0 Å². The number of hydrogen-bond donors (Lipinski definition) is 1. The number of hydrogen-bond acceptors (Lipinski definition) is 2. The van der Waals surface area contributed by atoms with E-state index in [1.165, 1.54) is 0 Å². The van der Waals surface area contributed by atoms with E-state index in [1.54, 1.807) is 12.1 Å². The van der Waals surface area contributed by atoms with Gasteiger partial charge in [-0.05, 0) is 51.5 Å². The minimum Gasteiger partial charge on any atom is -0.488 e. The number of rotatable bonds is 4. The smallest absolute Gasteiger partial charge is 0.251 e. The zero-order valence-electron chi connectivity index (χ0n) is 11.0. The third kappa shape index (κ3) is 4.89. The highest BCUT2D eigenvalue weighted by Gasteiger charge is 2.12. The van der Waals surface area contributed by atoms with Crippen molar-refractivity contribution in [2.24, 2.45) is 0 Å². The Morgan fingerprint density at radius 2 is 1.82 bits per heavy atom. The van der Waals surface area contributed by atoms with Crippen LogP contribution in [0, 0.1) is 0 Å². The first-order valence-electron chi connectivity index (χ1n) is 5.99. The topological polar surface area (TPSA) is 38.3 Å². The Morgan fingerprint density at radius 3 is 2.29 bits per heavy atom. The standard InChI is InChI=1S/C14H21NO2/c1-5-10-15-13(16)11-6-8-12(9-7-11)17-14(2,3)4/h6-9H,5,10H2,1-4H3,(H,15,16). The highest BCUT2D eigenvalue weighted by Crippen LogP contribution is 2.18. The lowest BCUT2D eigenvalue weighted by Crippen LogP contribution is -2.24. The van der Waals surface area contributed by atoms with Crippen LogP contribution in [0.3, 0.4) is 0 Å². The first-order chi connectivity index (χ1) is 7.92. The van der Waals surface area contributed by atoms with Gasteiger partial charge in [-0.1, -0.05) is 6.92 Å². The first-order valence-corrected chi connectivity index (χ1v) is 5.99. The highest BCUT2D eigenvalue weighted by molar-refractivity contribution is 5.94. The van der Waals surface area contributed by atoms with E-state index < -0.39 is 0 Å². The minimum absolute atomic E-state index is 0.0332. The van der Waals surface area contributed by atoms with E-state index >= 15 is 0 Å². The maximum atomic E-state index is 11.6. The molecule has 1 amide bonds. The highest BCUT2D eigenvalue weighted by atomic mass is 16.5. The van der Waals surface area contributed by atoms with Crippen molar-refractivity contribution in [3.63, 3.8) is 0 Å². The van der Waals surface area contributed by atoms with Crippen LogP contribution in [-0.4, -0.2) is 18.1 Å². The van der Waals surface area contributed by atoms with Crippen LogP contribution in [-0.2, 0) is 0 Å². The second-order valence-corrected chi connectivity index (χ2v) is 4.99. The van der Waals surface area contributed by atoms with Gasteiger partial charge in [-0.3, -0.25) is 4.79 Å². The number of ether oxygens (including phenoxy) is 1. The molecule has 0 aliphatic rings. The molecule has 1 aromatic rings. The Hall–Kier alpha value is -1.51. The van der Waals surface area contributed by atoms with E-state index in [0.717, 1.165) is 12.2 Å². The van der Waals surface area contributed by atoms with Crippen molar-refractivity contribution in [2.75, 3.05) is 6.54 Å². The van der Waals surface area contributed by atoms with Crippen LogP contribution in [0.2, 0.25) is 0 Å².